The fourth-order valence-corrected chi connectivity index (χ4v) is 9.32. The SMILES string of the molecule is O=C1CCC(N2C(=O)c3c4cc(c(NCCCCCOc5ccc(-n6nc([C@H]7CCCN(CCC8CC=CCC8)C7)[nH]c6=O)c6[nH]c(=O)ccc56)c3C2=O)C4)C(=O)N1. The molecule has 4 amide bonds. The molecule has 2 bridgehead atoms. The van der Waals surface area contributed by atoms with Gasteiger partial charge in [-0.25, -0.2) is 4.79 Å². The molecule has 2 aromatic carbocycles. The molecule has 2 unspecified atom stereocenters. The molecular weight excluding hydrogens is 741 g/mol. The molecule has 2 saturated heterocycles. The van der Waals surface area contributed by atoms with Gasteiger partial charge in [0.1, 0.15) is 17.6 Å². The lowest BCUT2D eigenvalue weighted by molar-refractivity contribution is -0.136. The highest BCUT2D eigenvalue weighted by atomic mass is 16.5. The lowest BCUT2D eigenvalue weighted by Gasteiger charge is -2.32. The van der Waals surface area contributed by atoms with E-state index in [2.05, 4.69) is 37.7 Å². The first-order chi connectivity index (χ1) is 28.2. The van der Waals surface area contributed by atoms with E-state index < -0.39 is 29.7 Å². The number of unbranched alkanes of at least 4 members (excludes halogenated alkanes) is 2. The predicted molar refractivity (Wildman–Crippen MR) is 216 cm³/mol. The number of nitrogens with zero attached hydrogens (tertiary/aromatic N) is 4. The Kier molecular flexibility index (Phi) is 10.3. The van der Waals surface area contributed by atoms with E-state index in [1.807, 2.05) is 12.1 Å². The van der Waals surface area contributed by atoms with Crippen molar-refractivity contribution in [1.82, 2.24) is 34.9 Å². The number of piperidine rings is 2. The molecule has 0 spiro atoms. The van der Waals surface area contributed by atoms with Crippen LogP contribution in [-0.2, 0) is 16.0 Å². The molecule has 302 valence electrons. The number of aromatic amines is 2. The number of hydrogen-bond acceptors (Lipinski definition) is 10. The van der Waals surface area contributed by atoms with Gasteiger partial charge in [0, 0.05) is 43.3 Å². The van der Waals surface area contributed by atoms with Crippen LogP contribution >= 0.6 is 0 Å². The van der Waals surface area contributed by atoms with E-state index in [1.165, 1.54) is 36.4 Å². The van der Waals surface area contributed by atoms with Gasteiger partial charge in [0.25, 0.3) is 11.8 Å². The Morgan fingerprint density at radius 1 is 0.897 bits per heavy atom. The molecular formula is C43H48N8O7. The molecule has 3 atom stereocenters. The van der Waals surface area contributed by atoms with Crippen LogP contribution in [0.5, 0.6) is 5.75 Å². The first kappa shape index (κ1) is 37.7. The monoisotopic (exact) mass is 788 g/mol. The van der Waals surface area contributed by atoms with Crippen LogP contribution in [0.2, 0.25) is 0 Å². The molecule has 6 aliphatic rings. The van der Waals surface area contributed by atoms with Gasteiger partial charge in [0.05, 0.1) is 34.6 Å². The Morgan fingerprint density at radius 3 is 2.59 bits per heavy atom. The maximum atomic E-state index is 13.6. The van der Waals surface area contributed by atoms with Crippen molar-refractivity contribution < 1.29 is 23.9 Å². The molecule has 15 nitrogen and oxygen atoms in total. The van der Waals surface area contributed by atoms with Crippen LogP contribution in [0.1, 0.15) is 114 Å². The second-order valence-corrected chi connectivity index (χ2v) is 16.3. The van der Waals surface area contributed by atoms with Crippen molar-refractivity contribution in [2.45, 2.75) is 89.0 Å². The molecule has 3 aliphatic carbocycles. The smallest absolute Gasteiger partial charge is 0.348 e. The molecule has 0 saturated carbocycles. The lowest BCUT2D eigenvalue weighted by Crippen LogP contribution is -2.54. The van der Waals surface area contributed by atoms with Gasteiger partial charge in [-0.3, -0.25) is 39.2 Å². The number of benzene rings is 2. The Balaban J connectivity index is 0.804. The number of rotatable bonds is 14. The number of nitrogens with one attached hydrogen (secondary N) is 4. The highest BCUT2D eigenvalue weighted by molar-refractivity contribution is 6.27. The minimum atomic E-state index is -1.00. The minimum Gasteiger partial charge on any atom is -0.493 e. The Bertz CT molecular complexity index is 2460. The number of fused-ring (bicyclic) bond motifs is 1. The van der Waals surface area contributed by atoms with E-state index >= 15 is 0 Å². The molecule has 15 heteroatoms. The van der Waals surface area contributed by atoms with E-state index in [0.29, 0.717) is 64.6 Å². The number of likely N-dealkylation sites (tertiary alicyclic amines) is 1. The van der Waals surface area contributed by atoms with E-state index in [9.17, 15) is 28.8 Å². The van der Waals surface area contributed by atoms with Crippen LogP contribution < -0.4 is 26.6 Å². The third-order valence-electron chi connectivity index (χ3n) is 12.5. The number of hydrogen-bond donors (Lipinski definition) is 4. The van der Waals surface area contributed by atoms with Gasteiger partial charge in [0.2, 0.25) is 17.4 Å². The van der Waals surface area contributed by atoms with Crippen molar-refractivity contribution in [3.05, 3.63) is 91.4 Å². The highest BCUT2D eigenvalue weighted by Crippen LogP contribution is 2.43. The first-order valence-corrected chi connectivity index (χ1v) is 20.7. The minimum absolute atomic E-state index is 0.0729. The largest absolute Gasteiger partial charge is 0.493 e. The standard InChI is InChI=1S/C43H48N8O7/c52-33-15-11-29-32(14-12-30(38(29)45-33)51-43(57)47-39(48-51)26-10-7-19-49(24-26)20-17-25-8-3-1-4-9-25)58-21-6-2-5-18-44-37-28-22-27(23-28)35-36(37)42(56)50(41(35)55)31-13-16-34(53)46-40(31)54/h1,3,11-12,14-15,22,25-26,31,44H,2,4-10,13,16-21,23-24H2,(H,45,52)(H,46,53,54)(H,47,48,57)/t25?,26-,31?/m0/s1. The quantitative estimate of drug-likeness (QED) is 0.0717. The Hall–Kier alpha value is -5.83. The van der Waals surface area contributed by atoms with E-state index in [0.717, 1.165) is 73.7 Å². The first-order valence-electron chi connectivity index (χ1n) is 20.7. The van der Waals surface area contributed by atoms with Crippen molar-refractivity contribution in [3.8, 4) is 11.4 Å². The average molecular weight is 789 g/mol. The van der Waals surface area contributed by atoms with Crippen molar-refractivity contribution in [2.75, 3.05) is 38.1 Å². The second kappa shape index (κ2) is 15.8. The van der Waals surface area contributed by atoms with Crippen LogP contribution in [0.4, 0.5) is 5.69 Å². The highest BCUT2D eigenvalue weighted by Gasteiger charge is 2.48. The maximum Gasteiger partial charge on any atom is 0.348 e. The van der Waals surface area contributed by atoms with Gasteiger partial charge >= 0.3 is 5.69 Å². The molecule has 3 aliphatic heterocycles. The number of carbonyl (C=O) groups is 4. The van der Waals surface area contributed by atoms with E-state index in [-0.39, 0.29) is 30.0 Å². The van der Waals surface area contributed by atoms with Crippen molar-refractivity contribution in [2.24, 2.45) is 5.92 Å². The summed E-state index contributed by atoms with van der Waals surface area (Å²) in [6.07, 6.45) is 14.5. The number of carbonyl (C=O) groups excluding carboxylic acids is 4. The summed E-state index contributed by atoms with van der Waals surface area (Å²) in [4.78, 5) is 86.5. The number of ether oxygens (including phenoxy) is 1. The molecule has 5 heterocycles. The van der Waals surface area contributed by atoms with Crippen LogP contribution in [0.3, 0.4) is 0 Å². The fraction of sp³-hybridized carbons (Fsp3) is 0.465. The number of imide groups is 2. The van der Waals surface area contributed by atoms with Crippen LogP contribution in [0.25, 0.3) is 16.6 Å². The number of H-pyrrole nitrogens is 2. The lowest BCUT2D eigenvalue weighted by atomic mass is 9.83. The number of aromatic nitrogens is 4. The summed E-state index contributed by atoms with van der Waals surface area (Å²) < 4.78 is 7.56. The van der Waals surface area contributed by atoms with Gasteiger partial charge < -0.3 is 19.9 Å². The third-order valence-corrected chi connectivity index (χ3v) is 12.5. The average Bonchev–Trinajstić information content (AvgIpc) is 3.72. The summed E-state index contributed by atoms with van der Waals surface area (Å²) in [5.41, 5.74) is 3.38. The summed E-state index contributed by atoms with van der Waals surface area (Å²) in [5, 5.41) is 11.1. The fourth-order valence-electron chi connectivity index (χ4n) is 9.32. The summed E-state index contributed by atoms with van der Waals surface area (Å²) in [6.45, 7) is 3.96. The molecule has 10 rings (SSSR count). The van der Waals surface area contributed by atoms with Crippen molar-refractivity contribution in [1.29, 1.82) is 0 Å². The third kappa shape index (κ3) is 7.16. The van der Waals surface area contributed by atoms with E-state index in [4.69, 9.17) is 9.84 Å². The summed E-state index contributed by atoms with van der Waals surface area (Å²) >= 11 is 0. The Morgan fingerprint density at radius 2 is 1.76 bits per heavy atom. The van der Waals surface area contributed by atoms with Crippen LogP contribution in [0.15, 0.2) is 52.1 Å². The van der Waals surface area contributed by atoms with Gasteiger partial charge in [-0.15, -0.1) is 5.10 Å². The summed E-state index contributed by atoms with van der Waals surface area (Å²) in [6, 6.07) is 7.63. The zero-order valence-corrected chi connectivity index (χ0v) is 32.4. The number of amides is 4. The molecule has 58 heavy (non-hydrogen) atoms. The maximum absolute atomic E-state index is 13.6. The van der Waals surface area contributed by atoms with Gasteiger partial charge in [-0.2, -0.15) is 4.68 Å². The molecule has 4 N–H and O–H groups in total. The zero-order chi connectivity index (χ0) is 39.9. The van der Waals surface area contributed by atoms with Gasteiger partial charge in [-0.1, -0.05) is 18.2 Å². The van der Waals surface area contributed by atoms with Gasteiger partial charge in [-0.05, 0) is 113 Å². The second-order valence-electron chi connectivity index (χ2n) is 16.3. The zero-order valence-electron chi connectivity index (χ0n) is 32.4. The predicted octanol–water partition coefficient (Wildman–Crippen LogP) is 4.29. The molecule has 0 radical (unpaired) electrons. The topological polar surface area (TPSA) is 192 Å². The molecule has 4 aromatic rings. The van der Waals surface area contributed by atoms with Crippen LogP contribution in [-0.4, -0.2) is 92.0 Å². The van der Waals surface area contributed by atoms with Crippen LogP contribution in [0, 0.1) is 5.92 Å². The van der Waals surface area contributed by atoms with Gasteiger partial charge in [0.15, 0.2) is 0 Å². The number of pyridine rings is 1. The molecule has 2 fully saturated rings. The van der Waals surface area contributed by atoms with Crippen molar-refractivity contribution >= 4 is 40.2 Å². The molecule has 2 aromatic heterocycles. The Labute approximate surface area is 334 Å². The summed E-state index contributed by atoms with van der Waals surface area (Å²) in [7, 11) is 0. The number of anilines is 1. The van der Waals surface area contributed by atoms with E-state index in [1.54, 1.807) is 12.1 Å². The van der Waals surface area contributed by atoms with Crippen molar-refractivity contribution in [3.63, 3.8) is 0 Å². The normalized spacial score (nSPS) is 21.7. The summed E-state index contributed by atoms with van der Waals surface area (Å²) in [5.74, 6) is 0.110. The number of allylic oxidation sites excluding steroid dienone is 2.